The molecule has 0 heterocycles. The number of hydrazine groups is 1. The molecule has 2 rings (SSSR count). The summed E-state index contributed by atoms with van der Waals surface area (Å²) >= 11 is 0. The fraction of sp³-hybridized carbons (Fsp3) is 1.00. The van der Waals surface area contributed by atoms with E-state index < -0.39 is 0 Å². The van der Waals surface area contributed by atoms with Crippen LogP contribution in [-0.2, 0) is 4.74 Å². The fourth-order valence-corrected chi connectivity index (χ4v) is 4.24. The number of nitrogens with one attached hydrogen (secondary N) is 1. The van der Waals surface area contributed by atoms with Gasteiger partial charge in [-0.15, -0.1) is 0 Å². The highest BCUT2D eigenvalue weighted by Gasteiger charge is 2.45. The standard InChI is InChI=1S/C17H34N2O/c1-4-20-17(11-9-16(2,3)10-12-17)15(19-18)13-14-7-5-6-8-14/h14-15,19H,4-13,18H2,1-3H3. The van der Waals surface area contributed by atoms with Gasteiger partial charge in [0, 0.05) is 6.61 Å². The summed E-state index contributed by atoms with van der Waals surface area (Å²) in [4.78, 5) is 0. The average molecular weight is 282 g/mol. The molecule has 20 heavy (non-hydrogen) atoms. The summed E-state index contributed by atoms with van der Waals surface area (Å²) in [7, 11) is 0. The molecular weight excluding hydrogens is 248 g/mol. The van der Waals surface area contributed by atoms with Crippen LogP contribution in [0.25, 0.3) is 0 Å². The minimum absolute atomic E-state index is 0.0262. The molecule has 3 heteroatoms. The van der Waals surface area contributed by atoms with Gasteiger partial charge in [0.25, 0.3) is 0 Å². The van der Waals surface area contributed by atoms with Gasteiger partial charge in [-0.2, -0.15) is 0 Å². The zero-order valence-electron chi connectivity index (χ0n) is 13.7. The summed E-state index contributed by atoms with van der Waals surface area (Å²) in [5, 5.41) is 0. The van der Waals surface area contributed by atoms with Crippen LogP contribution in [0.2, 0.25) is 0 Å². The molecule has 2 saturated carbocycles. The first-order chi connectivity index (χ1) is 9.51. The van der Waals surface area contributed by atoms with Gasteiger partial charge in [0.2, 0.25) is 0 Å². The molecule has 0 bridgehead atoms. The summed E-state index contributed by atoms with van der Waals surface area (Å²) in [6.07, 6.45) is 11.5. The minimum atomic E-state index is -0.0262. The topological polar surface area (TPSA) is 47.3 Å². The summed E-state index contributed by atoms with van der Waals surface area (Å²) in [5.41, 5.74) is 3.57. The third-order valence-corrected chi connectivity index (χ3v) is 5.76. The molecule has 1 atom stereocenters. The summed E-state index contributed by atoms with van der Waals surface area (Å²) in [6.45, 7) is 7.67. The number of hydrogen-bond acceptors (Lipinski definition) is 3. The van der Waals surface area contributed by atoms with Crippen molar-refractivity contribution in [2.75, 3.05) is 6.61 Å². The van der Waals surface area contributed by atoms with Crippen LogP contribution in [0.3, 0.4) is 0 Å². The van der Waals surface area contributed by atoms with Gasteiger partial charge < -0.3 is 4.74 Å². The third-order valence-electron chi connectivity index (χ3n) is 5.76. The molecule has 0 aliphatic heterocycles. The Morgan fingerprint density at radius 3 is 2.25 bits per heavy atom. The van der Waals surface area contributed by atoms with Crippen molar-refractivity contribution in [3.63, 3.8) is 0 Å². The van der Waals surface area contributed by atoms with Gasteiger partial charge in [-0.3, -0.25) is 11.3 Å². The third kappa shape index (κ3) is 3.75. The van der Waals surface area contributed by atoms with Crippen LogP contribution in [0.1, 0.15) is 78.6 Å². The lowest BCUT2D eigenvalue weighted by atomic mass is 9.67. The largest absolute Gasteiger partial charge is 0.374 e. The van der Waals surface area contributed by atoms with Gasteiger partial charge >= 0.3 is 0 Å². The molecule has 0 spiro atoms. The molecule has 2 fully saturated rings. The molecule has 0 aromatic rings. The maximum atomic E-state index is 6.28. The Balaban J connectivity index is 2.04. The predicted molar refractivity (Wildman–Crippen MR) is 84.3 cm³/mol. The molecule has 3 N–H and O–H groups in total. The van der Waals surface area contributed by atoms with E-state index in [4.69, 9.17) is 10.6 Å². The first-order valence-corrected chi connectivity index (χ1v) is 8.61. The van der Waals surface area contributed by atoms with Crippen LogP contribution in [0.4, 0.5) is 0 Å². The Labute approximate surface area is 125 Å². The molecule has 2 aliphatic carbocycles. The van der Waals surface area contributed by atoms with E-state index in [9.17, 15) is 0 Å². The fourth-order valence-electron chi connectivity index (χ4n) is 4.24. The van der Waals surface area contributed by atoms with E-state index in [0.717, 1.165) is 25.4 Å². The monoisotopic (exact) mass is 282 g/mol. The molecule has 3 nitrogen and oxygen atoms in total. The van der Waals surface area contributed by atoms with E-state index >= 15 is 0 Å². The number of ether oxygens (including phenoxy) is 1. The second-order valence-corrected chi connectivity index (χ2v) is 7.77. The van der Waals surface area contributed by atoms with Crippen LogP contribution in [0.15, 0.2) is 0 Å². The van der Waals surface area contributed by atoms with E-state index in [1.54, 1.807) is 0 Å². The normalized spacial score (nSPS) is 27.6. The van der Waals surface area contributed by atoms with Crippen LogP contribution in [-0.4, -0.2) is 18.2 Å². The van der Waals surface area contributed by atoms with E-state index in [2.05, 4.69) is 26.2 Å². The number of rotatable bonds is 6. The molecule has 2 aliphatic rings. The average Bonchev–Trinajstić information content (AvgIpc) is 2.92. The van der Waals surface area contributed by atoms with Crippen molar-refractivity contribution in [3.8, 4) is 0 Å². The first kappa shape index (κ1) is 16.3. The molecule has 0 radical (unpaired) electrons. The highest BCUT2D eigenvalue weighted by molar-refractivity contribution is 4.99. The maximum Gasteiger partial charge on any atom is 0.0848 e. The summed E-state index contributed by atoms with van der Waals surface area (Å²) in [6, 6.07) is 0.321. The van der Waals surface area contributed by atoms with Crippen molar-refractivity contribution in [1.82, 2.24) is 5.43 Å². The molecule has 0 amide bonds. The van der Waals surface area contributed by atoms with Crippen molar-refractivity contribution in [2.45, 2.75) is 90.2 Å². The smallest absolute Gasteiger partial charge is 0.0848 e. The van der Waals surface area contributed by atoms with E-state index in [-0.39, 0.29) is 5.60 Å². The predicted octanol–water partition coefficient (Wildman–Crippen LogP) is 3.77. The first-order valence-electron chi connectivity index (χ1n) is 8.61. The van der Waals surface area contributed by atoms with Gasteiger partial charge in [-0.1, -0.05) is 39.5 Å². The lowest BCUT2D eigenvalue weighted by molar-refractivity contribution is -0.110. The molecular formula is C17H34N2O. The lowest BCUT2D eigenvalue weighted by Gasteiger charge is -2.48. The Hall–Kier alpha value is -0.120. The Morgan fingerprint density at radius 1 is 1.15 bits per heavy atom. The second-order valence-electron chi connectivity index (χ2n) is 7.77. The van der Waals surface area contributed by atoms with Crippen LogP contribution < -0.4 is 11.3 Å². The van der Waals surface area contributed by atoms with Gasteiger partial charge in [-0.25, -0.2) is 0 Å². The van der Waals surface area contributed by atoms with Crippen LogP contribution in [0, 0.1) is 11.3 Å². The zero-order chi connectivity index (χ0) is 14.6. The van der Waals surface area contributed by atoms with Crippen molar-refractivity contribution in [1.29, 1.82) is 0 Å². The van der Waals surface area contributed by atoms with Crippen LogP contribution in [0.5, 0.6) is 0 Å². The second kappa shape index (κ2) is 6.76. The lowest BCUT2D eigenvalue weighted by Crippen LogP contribution is -2.57. The van der Waals surface area contributed by atoms with Crippen molar-refractivity contribution < 1.29 is 4.74 Å². The summed E-state index contributed by atoms with van der Waals surface area (Å²) < 4.78 is 6.28. The van der Waals surface area contributed by atoms with Gasteiger partial charge in [0.05, 0.1) is 11.6 Å². The van der Waals surface area contributed by atoms with Crippen molar-refractivity contribution in [2.24, 2.45) is 17.2 Å². The quantitative estimate of drug-likeness (QED) is 0.576. The molecule has 0 aromatic carbocycles. The highest BCUT2D eigenvalue weighted by atomic mass is 16.5. The van der Waals surface area contributed by atoms with Crippen molar-refractivity contribution >= 4 is 0 Å². The SMILES string of the molecule is CCOC1(C(CC2CCCC2)NN)CCC(C)(C)CC1. The molecule has 1 unspecified atom stereocenters. The van der Waals surface area contributed by atoms with E-state index in [0.29, 0.717) is 11.5 Å². The number of hydrogen-bond donors (Lipinski definition) is 2. The zero-order valence-corrected chi connectivity index (χ0v) is 13.7. The molecule has 0 saturated heterocycles. The molecule has 118 valence electrons. The van der Waals surface area contributed by atoms with Gasteiger partial charge in [0.1, 0.15) is 0 Å². The van der Waals surface area contributed by atoms with Crippen molar-refractivity contribution in [3.05, 3.63) is 0 Å². The summed E-state index contributed by atoms with van der Waals surface area (Å²) in [5.74, 6) is 6.79. The molecule has 0 aromatic heterocycles. The highest BCUT2D eigenvalue weighted by Crippen LogP contribution is 2.45. The van der Waals surface area contributed by atoms with E-state index in [1.165, 1.54) is 44.9 Å². The van der Waals surface area contributed by atoms with Gasteiger partial charge in [-0.05, 0) is 50.4 Å². The van der Waals surface area contributed by atoms with E-state index in [1.807, 2.05) is 0 Å². The maximum absolute atomic E-state index is 6.28. The Morgan fingerprint density at radius 2 is 1.75 bits per heavy atom. The Bertz CT molecular complexity index is 287. The minimum Gasteiger partial charge on any atom is -0.374 e. The number of nitrogens with two attached hydrogens (primary N) is 1. The Kier molecular flexibility index (Phi) is 5.49. The van der Waals surface area contributed by atoms with Gasteiger partial charge in [0.15, 0.2) is 0 Å². The van der Waals surface area contributed by atoms with Crippen LogP contribution >= 0.6 is 0 Å².